The zero-order valence-electron chi connectivity index (χ0n) is 8.92. The van der Waals surface area contributed by atoms with Crippen LogP contribution in [0.3, 0.4) is 0 Å². The Morgan fingerprint density at radius 2 is 1.64 bits per heavy atom. The van der Waals surface area contributed by atoms with E-state index in [1.54, 1.807) is 0 Å². The number of rotatable bonds is 5. The van der Waals surface area contributed by atoms with Crippen LogP contribution in [0.4, 0.5) is 0 Å². The summed E-state index contributed by atoms with van der Waals surface area (Å²) in [6, 6.07) is 8.84. The van der Waals surface area contributed by atoms with Gasteiger partial charge in [0, 0.05) is 6.42 Å². The molecule has 0 nitrogen and oxygen atoms in total. The molecule has 0 bridgehead atoms. The summed E-state index contributed by atoms with van der Waals surface area (Å²) in [5, 5.41) is 0. The zero-order chi connectivity index (χ0) is 10.2. The van der Waals surface area contributed by atoms with E-state index in [1.807, 2.05) is 0 Å². The summed E-state index contributed by atoms with van der Waals surface area (Å²) in [5.74, 6) is 2.67. The molecular weight excluding hydrogens is 168 g/mol. The van der Waals surface area contributed by atoms with Gasteiger partial charge in [-0.2, -0.15) is 0 Å². The van der Waals surface area contributed by atoms with Crippen LogP contribution in [0.2, 0.25) is 0 Å². The molecule has 0 aromatic heterocycles. The third-order valence-electron chi connectivity index (χ3n) is 2.40. The van der Waals surface area contributed by atoms with E-state index in [9.17, 15) is 0 Å². The number of hydrogen-bond acceptors (Lipinski definition) is 0. The van der Waals surface area contributed by atoms with E-state index in [0.717, 1.165) is 12.8 Å². The van der Waals surface area contributed by atoms with Crippen molar-refractivity contribution in [3.63, 3.8) is 0 Å². The SMILES string of the molecule is C#CCCc1ccc(CCCC)cc1. The summed E-state index contributed by atoms with van der Waals surface area (Å²) in [5.41, 5.74) is 2.79. The van der Waals surface area contributed by atoms with Crippen LogP contribution in [-0.4, -0.2) is 0 Å². The number of unbranched alkanes of at least 4 members (excludes halogenated alkanes) is 1. The van der Waals surface area contributed by atoms with Crippen molar-refractivity contribution in [3.8, 4) is 12.3 Å². The first kappa shape index (κ1) is 10.9. The highest BCUT2D eigenvalue weighted by atomic mass is 14.0. The topological polar surface area (TPSA) is 0 Å². The molecule has 0 saturated heterocycles. The largest absolute Gasteiger partial charge is 0.120 e. The quantitative estimate of drug-likeness (QED) is 0.616. The fourth-order valence-electron chi connectivity index (χ4n) is 1.47. The van der Waals surface area contributed by atoms with Crippen molar-refractivity contribution >= 4 is 0 Å². The zero-order valence-corrected chi connectivity index (χ0v) is 8.92. The Morgan fingerprint density at radius 3 is 2.14 bits per heavy atom. The number of benzene rings is 1. The lowest BCUT2D eigenvalue weighted by Crippen LogP contribution is -1.87. The molecule has 0 spiro atoms. The van der Waals surface area contributed by atoms with Crippen LogP contribution < -0.4 is 0 Å². The van der Waals surface area contributed by atoms with Crippen molar-refractivity contribution in [2.45, 2.75) is 39.0 Å². The molecule has 14 heavy (non-hydrogen) atoms. The van der Waals surface area contributed by atoms with E-state index in [2.05, 4.69) is 37.1 Å². The molecule has 0 amide bonds. The van der Waals surface area contributed by atoms with E-state index in [4.69, 9.17) is 6.42 Å². The van der Waals surface area contributed by atoms with Crippen LogP contribution in [-0.2, 0) is 12.8 Å². The van der Waals surface area contributed by atoms with Gasteiger partial charge in [0.1, 0.15) is 0 Å². The Hall–Kier alpha value is -1.22. The summed E-state index contributed by atoms with van der Waals surface area (Å²) < 4.78 is 0. The summed E-state index contributed by atoms with van der Waals surface area (Å²) in [6.45, 7) is 2.22. The van der Waals surface area contributed by atoms with Gasteiger partial charge in [-0.05, 0) is 30.4 Å². The van der Waals surface area contributed by atoms with Gasteiger partial charge >= 0.3 is 0 Å². The number of aryl methyl sites for hydroxylation is 2. The summed E-state index contributed by atoms with van der Waals surface area (Å²) in [7, 11) is 0. The maximum Gasteiger partial charge on any atom is 0.0127 e. The lowest BCUT2D eigenvalue weighted by molar-refractivity contribution is 0.794. The highest BCUT2D eigenvalue weighted by molar-refractivity contribution is 5.23. The molecule has 0 aliphatic carbocycles. The van der Waals surface area contributed by atoms with Crippen LogP contribution in [0.1, 0.15) is 37.3 Å². The van der Waals surface area contributed by atoms with Crippen LogP contribution in [0.15, 0.2) is 24.3 Å². The Kier molecular flexibility index (Phi) is 4.86. The minimum absolute atomic E-state index is 0.842. The van der Waals surface area contributed by atoms with Crippen LogP contribution in [0, 0.1) is 12.3 Å². The van der Waals surface area contributed by atoms with Gasteiger partial charge in [0.25, 0.3) is 0 Å². The molecule has 0 saturated carbocycles. The van der Waals surface area contributed by atoms with E-state index < -0.39 is 0 Å². The van der Waals surface area contributed by atoms with Gasteiger partial charge in [0.05, 0.1) is 0 Å². The first-order chi connectivity index (χ1) is 6.86. The normalized spacial score (nSPS) is 9.71. The van der Waals surface area contributed by atoms with Crippen molar-refractivity contribution in [2.75, 3.05) is 0 Å². The smallest absolute Gasteiger partial charge is 0.0127 e. The van der Waals surface area contributed by atoms with Gasteiger partial charge in [-0.3, -0.25) is 0 Å². The number of terminal acetylenes is 1. The van der Waals surface area contributed by atoms with E-state index in [1.165, 1.54) is 30.4 Å². The molecule has 74 valence electrons. The fraction of sp³-hybridized carbons (Fsp3) is 0.429. The summed E-state index contributed by atoms with van der Waals surface area (Å²) in [4.78, 5) is 0. The monoisotopic (exact) mass is 186 g/mol. The van der Waals surface area contributed by atoms with E-state index in [-0.39, 0.29) is 0 Å². The van der Waals surface area contributed by atoms with Gasteiger partial charge in [-0.25, -0.2) is 0 Å². The first-order valence-corrected chi connectivity index (χ1v) is 5.38. The molecule has 0 radical (unpaired) electrons. The molecule has 0 N–H and O–H groups in total. The molecule has 0 unspecified atom stereocenters. The van der Waals surface area contributed by atoms with E-state index >= 15 is 0 Å². The maximum absolute atomic E-state index is 5.22. The average Bonchev–Trinajstić information content (AvgIpc) is 2.25. The summed E-state index contributed by atoms with van der Waals surface area (Å²) >= 11 is 0. The molecule has 0 atom stereocenters. The molecular formula is C14H18. The third kappa shape index (κ3) is 3.66. The second-order valence-corrected chi connectivity index (χ2v) is 3.62. The lowest BCUT2D eigenvalue weighted by Gasteiger charge is -2.01. The molecule has 0 aliphatic heterocycles. The Balaban J connectivity index is 2.47. The van der Waals surface area contributed by atoms with Crippen molar-refractivity contribution in [1.82, 2.24) is 0 Å². The predicted octanol–water partition coefficient (Wildman–Crippen LogP) is 3.60. The van der Waals surface area contributed by atoms with Crippen LogP contribution >= 0.6 is 0 Å². The first-order valence-electron chi connectivity index (χ1n) is 5.38. The predicted molar refractivity (Wildman–Crippen MR) is 62.2 cm³/mol. The van der Waals surface area contributed by atoms with Crippen molar-refractivity contribution < 1.29 is 0 Å². The van der Waals surface area contributed by atoms with Crippen molar-refractivity contribution in [1.29, 1.82) is 0 Å². The molecule has 1 aromatic rings. The van der Waals surface area contributed by atoms with Crippen LogP contribution in [0.5, 0.6) is 0 Å². The minimum atomic E-state index is 0.842. The third-order valence-corrected chi connectivity index (χ3v) is 2.40. The maximum atomic E-state index is 5.22. The second kappa shape index (κ2) is 6.27. The molecule has 0 fully saturated rings. The molecule has 1 aromatic carbocycles. The van der Waals surface area contributed by atoms with Gasteiger partial charge in [0.2, 0.25) is 0 Å². The van der Waals surface area contributed by atoms with Crippen molar-refractivity contribution in [3.05, 3.63) is 35.4 Å². The van der Waals surface area contributed by atoms with E-state index in [0.29, 0.717) is 0 Å². The second-order valence-electron chi connectivity index (χ2n) is 3.62. The number of hydrogen-bond donors (Lipinski definition) is 0. The van der Waals surface area contributed by atoms with Crippen LogP contribution in [0.25, 0.3) is 0 Å². The molecule has 0 aliphatic rings. The highest BCUT2D eigenvalue weighted by Gasteiger charge is 1.93. The molecule has 1 rings (SSSR count). The fourth-order valence-corrected chi connectivity index (χ4v) is 1.47. The van der Waals surface area contributed by atoms with Gasteiger partial charge < -0.3 is 0 Å². The molecule has 0 heteroatoms. The van der Waals surface area contributed by atoms with Crippen molar-refractivity contribution in [2.24, 2.45) is 0 Å². The highest BCUT2D eigenvalue weighted by Crippen LogP contribution is 2.09. The minimum Gasteiger partial charge on any atom is -0.120 e. The standard InChI is InChI=1S/C14H18/c1-3-5-7-13-9-11-14(12-10-13)8-6-4-2/h1,9-12H,4-8H2,2H3. The Labute approximate surface area is 87.4 Å². The average molecular weight is 186 g/mol. The van der Waals surface area contributed by atoms with Gasteiger partial charge in [-0.15, -0.1) is 12.3 Å². The lowest BCUT2D eigenvalue weighted by atomic mass is 10.0. The Morgan fingerprint density at radius 1 is 1.07 bits per heavy atom. The van der Waals surface area contributed by atoms with Gasteiger partial charge in [-0.1, -0.05) is 37.6 Å². The summed E-state index contributed by atoms with van der Waals surface area (Å²) in [6.07, 6.45) is 10.8. The Bertz CT molecular complexity index is 287. The molecule has 0 heterocycles. The van der Waals surface area contributed by atoms with Gasteiger partial charge in [0.15, 0.2) is 0 Å².